The molecule has 0 spiro atoms. The molecule has 0 heterocycles. The van der Waals surface area contributed by atoms with Gasteiger partial charge in [0.15, 0.2) is 0 Å². The van der Waals surface area contributed by atoms with Crippen LogP contribution in [0.5, 0.6) is 0 Å². The van der Waals surface area contributed by atoms with E-state index in [0.717, 1.165) is 11.8 Å². The number of thioether (sulfide) groups is 1. The number of amides is 1. The Morgan fingerprint density at radius 3 is 2.78 bits per heavy atom. The molecular weight excluding hydrogens is 274 g/mol. The molecule has 106 valence electrons. The number of carbonyl (C=O) groups excluding carboxylic acids is 1. The van der Waals surface area contributed by atoms with Crippen molar-refractivity contribution in [2.45, 2.75) is 37.6 Å². The molecule has 0 aromatic heterocycles. The van der Waals surface area contributed by atoms with E-state index in [4.69, 9.17) is 0 Å². The van der Waals surface area contributed by atoms with Crippen molar-refractivity contribution in [3.05, 3.63) is 0 Å². The summed E-state index contributed by atoms with van der Waals surface area (Å²) in [6.45, 7) is 2.02. The monoisotopic (exact) mass is 295 g/mol. The molecule has 18 heavy (non-hydrogen) atoms. The Morgan fingerprint density at radius 1 is 1.50 bits per heavy atom. The van der Waals surface area contributed by atoms with E-state index in [0.29, 0.717) is 30.9 Å². The van der Waals surface area contributed by atoms with Crippen LogP contribution in [0.15, 0.2) is 0 Å². The molecule has 0 saturated heterocycles. The van der Waals surface area contributed by atoms with E-state index in [1.54, 1.807) is 0 Å². The maximum absolute atomic E-state index is 11.4. The van der Waals surface area contributed by atoms with Crippen LogP contribution in [0.2, 0.25) is 0 Å². The highest BCUT2D eigenvalue weighted by Crippen LogP contribution is 2.36. The van der Waals surface area contributed by atoms with Crippen molar-refractivity contribution in [3.63, 3.8) is 0 Å². The Kier molecular flexibility index (Phi) is 6.26. The fraction of sp³-hybridized carbons (Fsp3) is 0.909. The lowest BCUT2D eigenvalue weighted by Crippen LogP contribution is -2.56. The van der Waals surface area contributed by atoms with Crippen LogP contribution >= 0.6 is 24.4 Å². The highest BCUT2D eigenvalue weighted by atomic mass is 32.2. The van der Waals surface area contributed by atoms with Crippen LogP contribution in [-0.2, 0) is 0 Å². The summed E-state index contributed by atoms with van der Waals surface area (Å²) >= 11 is 5.08. The molecule has 1 aliphatic rings. The Hall–Kier alpha value is 0.0500. The summed E-state index contributed by atoms with van der Waals surface area (Å²) in [5, 5.41) is 32.0. The molecule has 1 saturated carbocycles. The molecule has 1 amide bonds. The largest absolute Gasteiger partial charge is 0.390 e. The second kappa shape index (κ2) is 7.00. The zero-order chi connectivity index (χ0) is 13.8. The van der Waals surface area contributed by atoms with Crippen molar-refractivity contribution in [3.8, 4) is 0 Å². The van der Waals surface area contributed by atoms with Gasteiger partial charge in [0.2, 0.25) is 0 Å². The highest BCUT2D eigenvalue weighted by Gasteiger charge is 2.46. The number of thiol groups is 1. The van der Waals surface area contributed by atoms with Crippen molar-refractivity contribution in [1.82, 2.24) is 5.32 Å². The number of aliphatic hydroxyl groups excluding tert-OH is 2. The smallest absolute Gasteiger partial charge is 0.279 e. The number of hydrogen-bond acceptors (Lipinski definition) is 6. The summed E-state index contributed by atoms with van der Waals surface area (Å²) in [4.78, 5) is 11.4. The van der Waals surface area contributed by atoms with Crippen LogP contribution in [-0.4, -0.2) is 56.4 Å². The first-order chi connectivity index (χ1) is 8.39. The van der Waals surface area contributed by atoms with Gasteiger partial charge in [0.1, 0.15) is 6.10 Å². The van der Waals surface area contributed by atoms with Crippen molar-refractivity contribution < 1.29 is 20.1 Å². The van der Waals surface area contributed by atoms with E-state index in [-0.39, 0.29) is 11.2 Å². The van der Waals surface area contributed by atoms with Gasteiger partial charge in [-0.2, -0.15) is 12.6 Å². The standard InChI is InChI=1S/C11H21NO4S2/c1-11(16)7(2-3-8(13)9(11)14)6-18-10(15)12-4-5-17/h7-9,13-14,16-17H,2-6H2,1H3,(H,12,15). The molecule has 0 aromatic carbocycles. The summed E-state index contributed by atoms with van der Waals surface area (Å²) in [6, 6.07) is 0. The predicted octanol–water partition coefficient (Wildman–Crippen LogP) is 0.242. The van der Waals surface area contributed by atoms with E-state index in [9.17, 15) is 20.1 Å². The quantitative estimate of drug-likeness (QED) is 0.480. The minimum absolute atomic E-state index is 0.152. The number of rotatable bonds is 4. The van der Waals surface area contributed by atoms with Crippen LogP contribution in [0.3, 0.4) is 0 Å². The van der Waals surface area contributed by atoms with E-state index in [1.807, 2.05) is 0 Å². The van der Waals surface area contributed by atoms with Gasteiger partial charge in [-0.1, -0.05) is 11.8 Å². The first kappa shape index (κ1) is 16.1. The van der Waals surface area contributed by atoms with Crippen LogP contribution < -0.4 is 5.32 Å². The second-order valence-electron chi connectivity index (χ2n) is 4.76. The summed E-state index contributed by atoms with van der Waals surface area (Å²) < 4.78 is 0. The van der Waals surface area contributed by atoms with Crippen LogP contribution in [0.25, 0.3) is 0 Å². The molecule has 5 nitrogen and oxygen atoms in total. The fourth-order valence-corrected chi connectivity index (χ4v) is 3.26. The van der Waals surface area contributed by atoms with Gasteiger partial charge < -0.3 is 20.6 Å². The van der Waals surface area contributed by atoms with Crippen LogP contribution in [0.1, 0.15) is 19.8 Å². The normalized spacial score (nSPS) is 36.4. The van der Waals surface area contributed by atoms with E-state index in [1.165, 1.54) is 6.92 Å². The minimum Gasteiger partial charge on any atom is -0.390 e. The van der Waals surface area contributed by atoms with Crippen LogP contribution in [0, 0.1) is 5.92 Å². The fourth-order valence-electron chi connectivity index (χ4n) is 2.09. The lowest BCUT2D eigenvalue weighted by molar-refractivity contribution is -0.164. The maximum Gasteiger partial charge on any atom is 0.279 e. The molecule has 4 N–H and O–H groups in total. The lowest BCUT2D eigenvalue weighted by Gasteiger charge is -2.43. The maximum atomic E-state index is 11.4. The van der Waals surface area contributed by atoms with E-state index in [2.05, 4.69) is 17.9 Å². The molecule has 1 aliphatic carbocycles. The predicted molar refractivity (Wildman–Crippen MR) is 75.1 cm³/mol. The molecule has 4 unspecified atom stereocenters. The Morgan fingerprint density at radius 2 is 2.17 bits per heavy atom. The van der Waals surface area contributed by atoms with Crippen molar-refractivity contribution >= 4 is 29.6 Å². The highest BCUT2D eigenvalue weighted by molar-refractivity contribution is 8.13. The number of carbonyl (C=O) groups is 1. The van der Waals surface area contributed by atoms with Gasteiger partial charge in [-0.25, -0.2) is 0 Å². The third-order valence-electron chi connectivity index (χ3n) is 3.40. The topological polar surface area (TPSA) is 89.8 Å². The summed E-state index contributed by atoms with van der Waals surface area (Å²) in [6.07, 6.45) is -1.00. The van der Waals surface area contributed by atoms with Gasteiger partial charge in [0.05, 0.1) is 11.7 Å². The molecule has 0 radical (unpaired) electrons. The van der Waals surface area contributed by atoms with Crippen molar-refractivity contribution in [1.29, 1.82) is 0 Å². The van der Waals surface area contributed by atoms with E-state index >= 15 is 0 Å². The molecule has 0 bridgehead atoms. The van der Waals surface area contributed by atoms with Gasteiger partial charge in [-0.05, 0) is 25.7 Å². The molecule has 7 heteroatoms. The van der Waals surface area contributed by atoms with Crippen molar-refractivity contribution in [2.24, 2.45) is 5.92 Å². The number of nitrogens with one attached hydrogen (secondary N) is 1. The summed E-state index contributed by atoms with van der Waals surface area (Å²) in [5.74, 6) is 0.802. The molecule has 4 atom stereocenters. The van der Waals surface area contributed by atoms with Crippen LogP contribution in [0.4, 0.5) is 4.79 Å². The molecule has 0 aliphatic heterocycles. The molecule has 1 rings (SSSR count). The third kappa shape index (κ3) is 4.03. The van der Waals surface area contributed by atoms with Gasteiger partial charge in [-0.15, -0.1) is 0 Å². The van der Waals surface area contributed by atoms with Gasteiger partial charge in [-0.3, -0.25) is 4.79 Å². The molecule has 0 aromatic rings. The first-order valence-corrected chi connectivity index (χ1v) is 7.61. The van der Waals surface area contributed by atoms with Gasteiger partial charge in [0.25, 0.3) is 5.24 Å². The average molecular weight is 295 g/mol. The lowest BCUT2D eigenvalue weighted by atomic mass is 9.74. The first-order valence-electron chi connectivity index (χ1n) is 5.99. The van der Waals surface area contributed by atoms with E-state index < -0.39 is 17.8 Å². The molecule has 1 fully saturated rings. The third-order valence-corrected chi connectivity index (χ3v) is 4.60. The zero-order valence-electron chi connectivity index (χ0n) is 10.4. The second-order valence-corrected chi connectivity index (χ2v) is 6.20. The number of hydrogen-bond donors (Lipinski definition) is 5. The average Bonchev–Trinajstić information content (AvgIpc) is 2.32. The number of aliphatic hydroxyl groups is 3. The van der Waals surface area contributed by atoms with Gasteiger partial charge in [0, 0.05) is 18.1 Å². The zero-order valence-corrected chi connectivity index (χ0v) is 12.1. The SMILES string of the molecule is CC1(O)C(CSC(=O)NCCS)CCC(O)C1O. The summed E-state index contributed by atoms with van der Waals surface area (Å²) in [7, 11) is 0. The Labute approximate surface area is 117 Å². The summed E-state index contributed by atoms with van der Waals surface area (Å²) in [5.41, 5.74) is -1.35. The Bertz CT molecular complexity index is 288. The van der Waals surface area contributed by atoms with Crippen molar-refractivity contribution in [2.75, 3.05) is 18.1 Å². The molecular formula is C11H21NO4S2. The minimum atomic E-state index is -1.35. The Balaban J connectivity index is 2.44. The van der Waals surface area contributed by atoms with Gasteiger partial charge >= 0.3 is 0 Å².